The van der Waals surface area contributed by atoms with Crippen LogP contribution in [0.1, 0.15) is 62.1 Å². The van der Waals surface area contributed by atoms with Gasteiger partial charge in [-0.3, -0.25) is 14.2 Å². The van der Waals surface area contributed by atoms with E-state index in [0.717, 1.165) is 18.3 Å². The third-order valence-electron chi connectivity index (χ3n) is 7.62. The molecule has 2 aliphatic carbocycles. The van der Waals surface area contributed by atoms with E-state index >= 15 is 0 Å². The molecule has 1 amide bonds. The van der Waals surface area contributed by atoms with Crippen LogP contribution < -0.4 is 16.6 Å². The Kier molecular flexibility index (Phi) is 7.61. The number of halogens is 1. The minimum atomic E-state index is -0.626. The molecule has 5 rings (SSSR count). The van der Waals surface area contributed by atoms with E-state index in [0.29, 0.717) is 37.8 Å². The van der Waals surface area contributed by atoms with E-state index in [4.69, 9.17) is 0 Å². The Hall–Kier alpha value is -3.85. The minimum absolute atomic E-state index is 0.0207. The normalized spacial score (nSPS) is 21.3. The summed E-state index contributed by atoms with van der Waals surface area (Å²) in [6.07, 6.45) is 9.92. The molecule has 1 saturated carbocycles. The summed E-state index contributed by atoms with van der Waals surface area (Å²) in [6.45, 7) is 2.34. The van der Waals surface area contributed by atoms with Gasteiger partial charge in [0.15, 0.2) is 5.65 Å². The van der Waals surface area contributed by atoms with Crippen LogP contribution in [0.15, 0.2) is 64.3 Å². The van der Waals surface area contributed by atoms with Crippen LogP contribution in [0.25, 0.3) is 16.7 Å². The maximum atomic E-state index is 14.3. The van der Waals surface area contributed by atoms with Gasteiger partial charge in [0.1, 0.15) is 5.82 Å². The first-order valence-corrected chi connectivity index (χ1v) is 13.4. The third kappa shape index (κ3) is 5.63. The Labute approximate surface area is 226 Å². The van der Waals surface area contributed by atoms with Crippen molar-refractivity contribution in [1.82, 2.24) is 24.3 Å². The quantitative estimate of drug-likeness (QED) is 0.520. The van der Waals surface area contributed by atoms with Crippen LogP contribution >= 0.6 is 0 Å². The van der Waals surface area contributed by atoms with Crippen molar-refractivity contribution in [1.29, 1.82) is 0 Å². The molecular weight excluding hydrogens is 497 g/mol. The van der Waals surface area contributed by atoms with Crippen LogP contribution in [0.3, 0.4) is 0 Å². The maximum absolute atomic E-state index is 14.3. The molecule has 0 aliphatic heterocycles. The van der Waals surface area contributed by atoms with Gasteiger partial charge < -0.3 is 10.2 Å². The molecule has 1 atom stereocenters. The van der Waals surface area contributed by atoms with Crippen LogP contribution in [0, 0.1) is 5.82 Å². The Morgan fingerprint density at radius 3 is 2.51 bits per heavy atom. The first-order chi connectivity index (χ1) is 18.7. The standard InChI is InChI=1S/C30H34FN5O3/c1-19(37)33-24-11-13-25(14-12-24)36-29(38)27-16-23(31)17-32-28(27)35(30(36)39)26-6-4-5-22(15-26)21-9-7-20(8-10-21)18-34(2)3/h4-10,16-17,22,24-25H,11-15,18H2,1-3H3,(H,33,37)/t22?,24-,25+. The lowest BCUT2D eigenvalue weighted by molar-refractivity contribution is -0.119. The number of rotatable bonds is 6. The van der Waals surface area contributed by atoms with Crippen LogP contribution in [-0.4, -0.2) is 45.1 Å². The van der Waals surface area contributed by atoms with E-state index < -0.39 is 17.1 Å². The summed E-state index contributed by atoms with van der Waals surface area (Å²) in [5.74, 6) is -0.683. The molecule has 39 heavy (non-hydrogen) atoms. The molecule has 0 bridgehead atoms. The average molecular weight is 532 g/mol. The molecule has 1 aromatic carbocycles. The zero-order valence-electron chi connectivity index (χ0n) is 22.6. The van der Waals surface area contributed by atoms with Gasteiger partial charge in [-0.15, -0.1) is 0 Å². The number of fused-ring (bicyclic) bond motifs is 1. The molecule has 2 heterocycles. The Morgan fingerprint density at radius 1 is 1.13 bits per heavy atom. The van der Waals surface area contributed by atoms with Crippen molar-refractivity contribution in [2.45, 2.75) is 63.6 Å². The zero-order chi connectivity index (χ0) is 27.7. The molecule has 1 N–H and O–H groups in total. The number of nitrogens with one attached hydrogen (secondary N) is 1. The van der Waals surface area contributed by atoms with Crippen molar-refractivity contribution in [2.24, 2.45) is 0 Å². The van der Waals surface area contributed by atoms with Gasteiger partial charge in [0.25, 0.3) is 5.56 Å². The van der Waals surface area contributed by atoms with Crippen molar-refractivity contribution < 1.29 is 9.18 Å². The molecule has 0 radical (unpaired) electrons. The van der Waals surface area contributed by atoms with Gasteiger partial charge in [-0.25, -0.2) is 18.7 Å². The second-order valence-electron chi connectivity index (χ2n) is 10.9. The Bertz CT molecular complexity index is 1560. The lowest BCUT2D eigenvalue weighted by Gasteiger charge is -2.30. The number of pyridine rings is 1. The fourth-order valence-corrected chi connectivity index (χ4v) is 5.82. The summed E-state index contributed by atoms with van der Waals surface area (Å²) < 4.78 is 17.0. The molecule has 204 valence electrons. The number of benzene rings is 1. The summed E-state index contributed by atoms with van der Waals surface area (Å²) in [7, 11) is 4.07. The number of allylic oxidation sites excluding steroid dienone is 4. The first-order valence-electron chi connectivity index (χ1n) is 13.4. The Morgan fingerprint density at radius 2 is 1.85 bits per heavy atom. The van der Waals surface area contributed by atoms with Crippen molar-refractivity contribution in [3.8, 4) is 0 Å². The molecule has 8 nitrogen and oxygen atoms in total. The number of amides is 1. The van der Waals surface area contributed by atoms with Gasteiger partial charge >= 0.3 is 5.69 Å². The van der Waals surface area contributed by atoms with Gasteiger partial charge in [0.05, 0.1) is 11.6 Å². The maximum Gasteiger partial charge on any atom is 0.337 e. The molecular formula is C30H34FN5O3. The summed E-state index contributed by atoms with van der Waals surface area (Å²) in [5.41, 5.74) is 2.22. The number of hydrogen-bond donors (Lipinski definition) is 1. The zero-order valence-corrected chi connectivity index (χ0v) is 22.6. The molecule has 2 aliphatic rings. The van der Waals surface area contributed by atoms with Gasteiger partial charge in [-0.2, -0.15) is 0 Å². The molecule has 1 unspecified atom stereocenters. The molecule has 9 heteroatoms. The van der Waals surface area contributed by atoms with Crippen LogP contribution in [-0.2, 0) is 11.3 Å². The number of nitrogens with zero attached hydrogens (tertiary/aromatic N) is 4. The topological polar surface area (TPSA) is 89.2 Å². The highest BCUT2D eigenvalue weighted by molar-refractivity contribution is 5.78. The average Bonchev–Trinajstić information content (AvgIpc) is 2.90. The monoisotopic (exact) mass is 531 g/mol. The van der Waals surface area contributed by atoms with Gasteiger partial charge in [0, 0.05) is 37.2 Å². The number of carbonyl (C=O) groups is 1. The summed E-state index contributed by atoms with van der Waals surface area (Å²) in [6, 6.07) is 9.30. The fourth-order valence-electron chi connectivity index (χ4n) is 5.82. The molecule has 0 saturated heterocycles. The lowest BCUT2D eigenvalue weighted by atomic mass is 9.90. The van der Waals surface area contributed by atoms with Crippen LogP contribution in [0.2, 0.25) is 0 Å². The number of aromatic nitrogens is 3. The highest BCUT2D eigenvalue weighted by Crippen LogP contribution is 2.32. The predicted molar refractivity (Wildman–Crippen MR) is 150 cm³/mol. The summed E-state index contributed by atoms with van der Waals surface area (Å²) in [5, 5.41) is 3.01. The molecule has 1 fully saturated rings. The summed E-state index contributed by atoms with van der Waals surface area (Å²) in [4.78, 5) is 45.3. The third-order valence-corrected chi connectivity index (χ3v) is 7.62. The lowest BCUT2D eigenvalue weighted by Crippen LogP contribution is -2.45. The van der Waals surface area contributed by atoms with Gasteiger partial charge in [0.2, 0.25) is 5.91 Å². The second-order valence-corrected chi connectivity index (χ2v) is 10.9. The highest BCUT2D eigenvalue weighted by atomic mass is 19.1. The minimum Gasteiger partial charge on any atom is -0.354 e. The SMILES string of the molecule is CC(=O)N[C@H]1CC[C@@H](n2c(=O)c3cc(F)cnc3n(C3=CC=CC(c4ccc(CN(C)C)cc4)C3)c2=O)CC1. The largest absolute Gasteiger partial charge is 0.354 e. The highest BCUT2D eigenvalue weighted by Gasteiger charge is 2.28. The van der Waals surface area contributed by atoms with Gasteiger partial charge in [-0.05, 0) is 69.5 Å². The van der Waals surface area contributed by atoms with E-state index in [2.05, 4.69) is 45.5 Å². The molecule has 2 aromatic heterocycles. The summed E-state index contributed by atoms with van der Waals surface area (Å²) >= 11 is 0. The molecule has 3 aromatic rings. The van der Waals surface area contributed by atoms with Gasteiger partial charge in [-0.1, -0.05) is 36.4 Å². The molecule has 0 spiro atoms. The van der Waals surface area contributed by atoms with Crippen molar-refractivity contribution in [3.05, 3.63) is 92.5 Å². The number of carbonyl (C=O) groups excluding carboxylic acids is 1. The Balaban J connectivity index is 1.52. The fraction of sp³-hybridized carbons (Fsp3) is 0.400. The van der Waals surface area contributed by atoms with Crippen molar-refractivity contribution in [3.63, 3.8) is 0 Å². The van der Waals surface area contributed by atoms with E-state index in [1.54, 1.807) is 0 Å². The van der Waals surface area contributed by atoms with E-state index in [9.17, 15) is 18.8 Å². The smallest absolute Gasteiger partial charge is 0.337 e. The first kappa shape index (κ1) is 26.7. The van der Waals surface area contributed by atoms with E-state index in [1.165, 1.54) is 27.7 Å². The number of hydrogen-bond acceptors (Lipinski definition) is 5. The van der Waals surface area contributed by atoms with Crippen molar-refractivity contribution in [2.75, 3.05) is 14.1 Å². The van der Waals surface area contributed by atoms with E-state index in [-0.39, 0.29) is 34.9 Å². The predicted octanol–water partition coefficient (Wildman–Crippen LogP) is 3.96. The second kappa shape index (κ2) is 11.1. The van der Waals surface area contributed by atoms with Crippen LogP contribution in [0.4, 0.5) is 4.39 Å². The van der Waals surface area contributed by atoms with E-state index in [1.807, 2.05) is 26.2 Å². The van der Waals surface area contributed by atoms with Crippen molar-refractivity contribution >= 4 is 22.6 Å². The van der Waals surface area contributed by atoms with Crippen LogP contribution in [0.5, 0.6) is 0 Å².